The van der Waals surface area contributed by atoms with E-state index in [4.69, 9.17) is 0 Å². The van der Waals surface area contributed by atoms with Crippen LogP contribution >= 0.6 is 0 Å². The highest BCUT2D eigenvalue weighted by Crippen LogP contribution is 2.35. The lowest BCUT2D eigenvalue weighted by Crippen LogP contribution is -2.21. The van der Waals surface area contributed by atoms with Crippen molar-refractivity contribution in [1.29, 1.82) is 0 Å². The third-order valence-corrected chi connectivity index (χ3v) is 6.82. The Balaban J connectivity index is 1.44. The predicted octanol–water partition coefficient (Wildman–Crippen LogP) is 5.02. The number of rotatable bonds is 6. The SMILES string of the molecule is CS(=O)(=O)NCc1cc(F)cc(-c2ccnc3[nH]c(-c4n[nH]c5ccc(-c6cccnc6)cc45)cc23)c1. The van der Waals surface area contributed by atoms with Crippen LogP contribution in [0.4, 0.5) is 4.39 Å². The smallest absolute Gasteiger partial charge is 0.209 e. The van der Waals surface area contributed by atoms with Gasteiger partial charge in [-0.3, -0.25) is 10.1 Å². The second kappa shape index (κ2) is 8.91. The van der Waals surface area contributed by atoms with Crippen molar-refractivity contribution in [3.8, 4) is 33.6 Å². The number of nitrogens with zero attached hydrogens (tertiary/aromatic N) is 3. The maximum Gasteiger partial charge on any atom is 0.209 e. The standard InChI is InChI=1S/C27H21FN6O2S/c1-37(35,36)31-14-16-9-19(11-20(28)10-16)21-6-8-30-27-22(21)13-25(32-27)26-23-12-17(4-5-24(23)33-34-26)18-3-2-7-29-15-18/h2-13,15,31H,14H2,1H3,(H,30,32)(H,33,34). The summed E-state index contributed by atoms with van der Waals surface area (Å²) in [4.78, 5) is 12.0. The number of H-pyrrole nitrogens is 2. The maximum atomic E-state index is 14.5. The van der Waals surface area contributed by atoms with Crippen molar-refractivity contribution < 1.29 is 12.8 Å². The van der Waals surface area contributed by atoms with Gasteiger partial charge in [0.25, 0.3) is 0 Å². The molecular weight excluding hydrogens is 491 g/mol. The molecular formula is C27H21FN6O2S. The number of sulfonamides is 1. The van der Waals surface area contributed by atoms with Gasteiger partial charge in [0.05, 0.1) is 17.5 Å². The molecule has 0 spiro atoms. The molecule has 4 heterocycles. The largest absolute Gasteiger partial charge is 0.338 e. The fourth-order valence-electron chi connectivity index (χ4n) is 4.46. The molecule has 2 aromatic carbocycles. The maximum absolute atomic E-state index is 14.5. The number of aromatic nitrogens is 5. The van der Waals surface area contributed by atoms with E-state index >= 15 is 0 Å². The van der Waals surface area contributed by atoms with E-state index in [0.717, 1.165) is 50.6 Å². The summed E-state index contributed by atoms with van der Waals surface area (Å²) in [5.74, 6) is -0.454. The molecule has 0 aliphatic carbocycles. The zero-order valence-electron chi connectivity index (χ0n) is 19.7. The summed E-state index contributed by atoms with van der Waals surface area (Å²) in [7, 11) is -3.41. The summed E-state index contributed by atoms with van der Waals surface area (Å²) in [5.41, 5.74) is 6.95. The van der Waals surface area contributed by atoms with E-state index in [1.54, 1.807) is 18.5 Å². The molecule has 0 aliphatic rings. The number of hydrogen-bond donors (Lipinski definition) is 3. The van der Waals surface area contributed by atoms with E-state index < -0.39 is 15.8 Å². The van der Waals surface area contributed by atoms with Gasteiger partial charge in [-0.05, 0) is 70.8 Å². The van der Waals surface area contributed by atoms with Gasteiger partial charge in [0.15, 0.2) is 0 Å². The van der Waals surface area contributed by atoms with Crippen molar-refractivity contribution in [2.75, 3.05) is 6.26 Å². The molecule has 0 aliphatic heterocycles. The molecule has 0 saturated carbocycles. The highest BCUT2D eigenvalue weighted by atomic mass is 32.2. The van der Waals surface area contributed by atoms with Gasteiger partial charge in [-0.15, -0.1) is 0 Å². The average molecular weight is 513 g/mol. The van der Waals surface area contributed by atoms with Crippen molar-refractivity contribution in [3.63, 3.8) is 0 Å². The first-order valence-corrected chi connectivity index (χ1v) is 13.3. The van der Waals surface area contributed by atoms with Gasteiger partial charge in [0.1, 0.15) is 17.2 Å². The van der Waals surface area contributed by atoms with Crippen molar-refractivity contribution >= 4 is 32.0 Å². The minimum atomic E-state index is -3.41. The summed E-state index contributed by atoms with van der Waals surface area (Å²) < 4.78 is 39.9. The Bertz CT molecular complexity index is 1880. The second-order valence-electron chi connectivity index (χ2n) is 8.82. The van der Waals surface area contributed by atoms with Crippen LogP contribution in [0.1, 0.15) is 5.56 Å². The van der Waals surface area contributed by atoms with Gasteiger partial charge in [0, 0.05) is 41.5 Å². The molecule has 0 fully saturated rings. The molecule has 6 aromatic rings. The van der Waals surface area contributed by atoms with Crippen LogP contribution in [0.25, 0.3) is 55.6 Å². The molecule has 4 aromatic heterocycles. The van der Waals surface area contributed by atoms with Crippen LogP contribution in [-0.4, -0.2) is 39.8 Å². The average Bonchev–Trinajstić information content (AvgIpc) is 3.51. The van der Waals surface area contributed by atoms with E-state index in [1.807, 2.05) is 42.6 Å². The Morgan fingerprint density at radius 3 is 2.65 bits per heavy atom. The Kier molecular flexibility index (Phi) is 5.54. The van der Waals surface area contributed by atoms with Gasteiger partial charge in [-0.1, -0.05) is 12.1 Å². The lowest BCUT2D eigenvalue weighted by molar-refractivity contribution is 0.586. The summed E-state index contributed by atoms with van der Waals surface area (Å²) in [5, 5.41) is 9.37. The first-order chi connectivity index (χ1) is 17.8. The zero-order valence-corrected chi connectivity index (χ0v) is 20.5. The fourth-order valence-corrected chi connectivity index (χ4v) is 4.89. The number of aromatic amines is 2. The third kappa shape index (κ3) is 4.59. The molecule has 6 rings (SSSR count). The predicted molar refractivity (Wildman–Crippen MR) is 141 cm³/mol. The lowest BCUT2D eigenvalue weighted by Gasteiger charge is -2.08. The number of hydrogen-bond acceptors (Lipinski definition) is 5. The van der Waals surface area contributed by atoms with E-state index in [0.29, 0.717) is 16.8 Å². The van der Waals surface area contributed by atoms with Crippen LogP contribution in [0.2, 0.25) is 0 Å². The van der Waals surface area contributed by atoms with Gasteiger partial charge in [-0.25, -0.2) is 22.5 Å². The number of pyridine rings is 2. The first kappa shape index (κ1) is 23.0. The Labute approximate surface area is 211 Å². The Hall–Kier alpha value is -4.41. The minimum Gasteiger partial charge on any atom is -0.338 e. The topological polar surface area (TPSA) is 116 Å². The van der Waals surface area contributed by atoms with Crippen molar-refractivity contribution in [1.82, 2.24) is 29.9 Å². The Morgan fingerprint density at radius 1 is 0.946 bits per heavy atom. The quantitative estimate of drug-likeness (QED) is 0.290. The van der Waals surface area contributed by atoms with Gasteiger partial charge >= 0.3 is 0 Å². The third-order valence-electron chi connectivity index (χ3n) is 6.15. The van der Waals surface area contributed by atoms with Gasteiger partial charge < -0.3 is 4.98 Å². The lowest BCUT2D eigenvalue weighted by atomic mass is 10.0. The normalized spacial score (nSPS) is 11.9. The second-order valence-corrected chi connectivity index (χ2v) is 10.7. The number of benzene rings is 2. The summed E-state index contributed by atoms with van der Waals surface area (Å²) in [6, 6.07) is 18.3. The highest BCUT2D eigenvalue weighted by Gasteiger charge is 2.16. The van der Waals surface area contributed by atoms with Crippen LogP contribution < -0.4 is 4.72 Å². The summed E-state index contributed by atoms with van der Waals surface area (Å²) in [6.45, 7) is -0.00522. The molecule has 0 bridgehead atoms. The van der Waals surface area contributed by atoms with Gasteiger partial charge in [0.2, 0.25) is 10.0 Å². The van der Waals surface area contributed by atoms with Gasteiger partial charge in [-0.2, -0.15) is 5.10 Å². The number of nitrogens with one attached hydrogen (secondary N) is 3. The van der Waals surface area contributed by atoms with Crippen LogP contribution in [0.3, 0.4) is 0 Å². The van der Waals surface area contributed by atoms with E-state index in [1.165, 1.54) is 12.1 Å². The molecule has 0 amide bonds. The monoisotopic (exact) mass is 512 g/mol. The molecule has 0 unspecified atom stereocenters. The summed E-state index contributed by atoms with van der Waals surface area (Å²) in [6.07, 6.45) is 6.28. The molecule has 37 heavy (non-hydrogen) atoms. The fraction of sp³-hybridized carbons (Fsp3) is 0.0741. The van der Waals surface area contributed by atoms with Crippen LogP contribution in [-0.2, 0) is 16.6 Å². The van der Waals surface area contributed by atoms with E-state index in [2.05, 4.69) is 35.9 Å². The van der Waals surface area contributed by atoms with Crippen molar-refractivity contribution in [2.24, 2.45) is 0 Å². The van der Waals surface area contributed by atoms with E-state index in [9.17, 15) is 12.8 Å². The molecule has 0 radical (unpaired) electrons. The first-order valence-electron chi connectivity index (χ1n) is 11.5. The van der Waals surface area contributed by atoms with Crippen LogP contribution in [0.5, 0.6) is 0 Å². The summed E-state index contributed by atoms with van der Waals surface area (Å²) >= 11 is 0. The minimum absolute atomic E-state index is 0.00522. The number of halogens is 1. The molecule has 0 saturated heterocycles. The zero-order chi connectivity index (χ0) is 25.6. The molecule has 3 N–H and O–H groups in total. The van der Waals surface area contributed by atoms with Crippen molar-refractivity contribution in [2.45, 2.75) is 6.54 Å². The highest BCUT2D eigenvalue weighted by molar-refractivity contribution is 7.88. The molecule has 0 atom stereocenters. The molecule has 184 valence electrons. The van der Waals surface area contributed by atoms with Crippen LogP contribution in [0, 0.1) is 5.82 Å². The van der Waals surface area contributed by atoms with Crippen molar-refractivity contribution in [3.05, 3.63) is 90.6 Å². The van der Waals surface area contributed by atoms with E-state index in [-0.39, 0.29) is 6.54 Å². The molecule has 8 nitrogen and oxygen atoms in total. The number of fused-ring (bicyclic) bond motifs is 2. The van der Waals surface area contributed by atoms with Crippen LogP contribution in [0.15, 0.2) is 79.3 Å². The molecule has 10 heteroatoms. The Morgan fingerprint density at radius 2 is 1.84 bits per heavy atom.